The van der Waals surface area contributed by atoms with E-state index in [0.717, 1.165) is 41.8 Å². The molecule has 29 heavy (non-hydrogen) atoms. The number of aryl methyl sites for hydroxylation is 3. The number of nitrogens with one attached hydrogen (secondary N) is 1. The van der Waals surface area contributed by atoms with Crippen LogP contribution in [-0.2, 0) is 0 Å². The highest BCUT2D eigenvalue weighted by Gasteiger charge is 2.23. The lowest BCUT2D eigenvalue weighted by Crippen LogP contribution is -2.50. The monoisotopic (exact) mass is 390 g/mol. The van der Waals surface area contributed by atoms with Gasteiger partial charge in [0.05, 0.1) is 0 Å². The van der Waals surface area contributed by atoms with Crippen LogP contribution in [0.15, 0.2) is 48.8 Å². The summed E-state index contributed by atoms with van der Waals surface area (Å²) >= 11 is 0. The summed E-state index contributed by atoms with van der Waals surface area (Å²) in [4.78, 5) is 25.9. The SMILES string of the molecule is Cc1ccc(NC(=O)N2CCN(c3cc(-n4cccc4)nc(C)n3)CC2)c(C)c1. The second kappa shape index (κ2) is 7.95. The molecule has 0 bridgehead atoms. The van der Waals surface area contributed by atoms with E-state index < -0.39 is 0 Å². The Kier molecular flexibility index (Phi) is 5.20. The normalized spacial score (nSPS) is 14.2. The highest BCUT2D eigenvalue weighted by Crippen LogP contribution is 2.20. The van der Waals surface area contributed by atoms with Gasteiger partial charge >= 0.3 is 6.03 Å². The van der Waals surface area contributed by atoms with Crippen molar-refractivity contribution in [1.29, 1.82) is 0 Å². The molecule has 1 aliphatic rings. The minimum atomic E-state index is -0.0523. The van der Waals surface area contributed by atoms with Gasteiger partial charge in [-0.1, -0.05) is 17.7 Å². The molecule has 0 atom stereocenters. The zero-order valence-electron chi connectivity index (χ0n) is 17.1. The summed E-state index contributed by atoms with van der Waals surface area (Å²) < 4.78 is 1.98. The van der Waals surface area contributed by atoms with Crippen LogP contribution < -0.4 is 10.2 Å². The highest BCUT2D eigenvalue weighted by atomic mass is 16.2. The molecule has 0 saturated carbocycles. The molecular weight excluding hydrogens is 364 g/mol. The number of carbonyl (C=O) groups excluding carboxylic acids is 1. The molecule has 0 aliphatic carbocycles. The minimum Gasteiger partial charge on any atom is -0.353 e. The van der Waals surface area contributed by atoms with E-state index in [4.69, 9.17) is 0 Å². The molecule has 1 fully saturated rings. The van der Waals surface area contributed by atoms with E-state index in [0.29, 0.717) is 13.1 Å². The summed E-state index contributed by atoms with van der Waals surface area (Å²) in [5.74, 6) is 2.49. The van der Waals surface area contributed by atoms with Gasteiger partial charge in [0.25, 0.3) is 0 Å². The van der Waals surface area contributed by atoms with Crippen molar-refractivity contribution in [2.45, 2.75) is 20.8 Å². The Hall–Kier alpha value is -3.35. The predicted molar refractivity (Wildman–Crippen MR) is 115 cm³/mol. The maximum atomic E-state index is 12.7. The fourth-order valence-corrected chi connectivity index (χ4v) is 3.60. The first-order valence-corrected chi connectivity index (χ1v) is 9.87. The van der Waals surface area contributed by atoms with Gasteiger partial charge in [0.2, 0.25) is 0 Å². The molecule has 2 amide bonds. The van der Waals surface area contributed by atoms with Crippen LogP contribution in [0.4, 0.5) is 16.3 Å². The first-order valence-electron chi connectivity index (χ1n) is 9.87. The molecule has 150 valence electrons. The van der Waals surface area contributed by atoms with Crippen LogP contribution in [0, 0.1) is 20.8 Å². The van der Waals surface area contributed by atoms with Crippen LogP contribution >= 0.6 is 0 Å². The van der Waals surface area contributed by atoms with E-state index >= 15 is 0 Å². The topological polar surface area (TPSA) is 66.3 Å². The molecule has 4 rings (SSSR count). The number of nitrogens with zero attached hydrogens (tertiary/aromatic N) is 5. The maximum absolute atomic E-state index is 12.7. The maximum Gasteiger partial charge on any atom is 0.321 e. The van der Waals surface area contributed by atoms with E-state index in [9.17, 15) is 4.79 Å². The summed E-state index contributed by atoms with van der Waals surface area (Å²) in [5.41, 5.74) is 3.13. The van der Waals surface area contributed by atoms with Crippen molar-refractivity contribution in [2.75, 3.05) is 36.4 Å². The van der Waals surface area contributed by atoms with Crippen LogP contribution in [0.1, 0.15) is 17.0 Å². The molecule has 0 radical (unpaired) electrons. The lowest BCUT2D eigenvalue weighted by atomic mass is 10.1. The number of hydrogen-bond acceptors (Lipinski definition) is 4. The van der Waals surface area contributed by atoms with Crippen molar-refractivity contribution >= 4 is 17.5 Å². The smallest absolute Gasteiger partial charge is 0.321 e. The van der Waals surface area contributed by atoms with Crippen molar-refractivity contribution in [1.82, 2.24) is 19.4 Å². The lowest BCUT2D eigenvalue weighted by Gasteiger charge is -2.35. The van der Waals surface area contributed by atoms with E-state index in [1.165, 1.54) is 5.56 Å². The molecule has 7 nitrogen and oxygen atoms in total. The van der Waals surface area contributed by atoms with Crippen LogP contribution in [0.3, 0.4) is 0 Å². The van der Waals surface area contributed by atoms with Crippen molar-refractivity contribution in [2.24, 2.45) is 0 Å². The summed E-state index contributed by atoms with van der Waals surface area (Å²) in [6.45, 7) is 8.75. The number of hydrogen-bond donors (Lipinski definition) is 1. The molecule has 2 aromatic heterocycles. The first-order chi connectivity index (χ1) is 14.0. The van der Waals surface area contributed by atoms with E-state index in [1.54, 1.807) is 0 Å². The van der Waals surface area contributed by atoms with E-state index in [-0.39, 0.29) is 6.03 Å². The number of aromatic nitrogens is 3. The van der Waals surface area contributed by atoms with Crippen molar-refractivity contribution < 1.29 is 4.79 Å². The molecule has 1 N–H and O–H groups in total. The zero-order valence-corrected chi connectivity index (χ0v) is 17.1. The molecule has 7 heteroatoms. The van der Waals surface area contributed by atoms with Crippen LogP contribution in [0.5, 0.6) is 0 Å². The van der Waals surface area contributed by atoms with E-state index in [2.05, 4.69) is 26.3 Å². The van der Waals surface area contributed by atoms with Gasteiger partial charge in [-0.15, -0.1) is 0 Å². The fraction of sp³-hybridized carbons (Fsp3) is 0.318. The van der Waals surface area contributed by atoms with Crippen molar-refractivity contribution in [3.05, 3.63) is 65.7 Å². The lowest BCUT2D eigenvalue weighted by molar-refractivity contribution is 0.208. The fourth-order valence-electron chi connectivity index (χ4n) is 3.60. The third-order valence-corrected chi connectivity index (χ3v) is 5.19. The second-order valence-electron chi connectivity index (χ2n) is 7.44. The summed E-state index contributed by atoms with van der Waals surface area (Å²) in [7, 11) is 0. The van der Waals surface area contributed by atoms with Crippen molar-refractivity contribution in [3.63, 3.8) is 0 Å². The highest BCUT2D eigenvalue weighted by molar-refractivity contribution is 5.90. The Morgan fingerprint density at radius 3 is 2.31 bits per heavy atom. The molecule has 0 unspecified atom stereocenters. The Morgan fingerprint density at radius 1 is 0.931 bits per heavy atom. The third-order valence-electron chi connectivity index (χ3n) is 5.19. The minimum absolute atomic E-state index is 0.0523. The predicted octanol–water partition coefficient (Wildman–Crippen LogP) is 3.55. The quantitative estimate of drug-likeness (QED) is 0.743. The zero-order chi connectivity index (χ0) is 20.4. The molecule has 1 aromatic carbocycles. The van der Waals surface area contributed by atoms with Gasteiger partial charge in [0.15, 0.2) is 0 Å². The first kappa shape index (κ1) is 19.0. The van der Waals surface area contributed by atoms with Crippen LogP contribution in [0.2, 0.25) is 0 Å². The summed E-state index contributed by atoms with van der Waals surface area (Å²) in [6.07, 6.45) is 3.95. The molecular formula is C22H26N6O. The number of rotatable bonds is 3. The van der Waals surface area contributed by atoms with E-state index in [1.807, 2.05) is 73.0 Å². The van der Waals surface area contributed by atoms with Gasteiger partial charge < -0.3 is 19.7 Å². The number of amides is 2. The van der Waals surface area contributed by atoms with Gasteiger partial charge in [-0.2, -0.15) is 0 Å². The Morgan fingerprint density at radius 2 is 1.62 bits per heavy atom. The summed E-state index contributed by atoms with van der Waals surface area (Å²) in [6, 6.07) is 12.0. The molecule has 0 spiro atoms. The average Bonchev–Trinajstić information content (AvgIpc) is 3.25. The van der Waals surface area contributed by atoms with Gasteiger partial charge in [0.1, 0.15) is 17.5 Å². The largest absolute Gasteiger partial charge is 0.353 e. The van der Waals surface area contributed by atoms with Crippen LogP contribution in [-0.4, -0.2) is 51.6 Å². The Balaban J connectivity index is 1.41. The number of piperazine rings is 1. The molecule has 3 aromatic rings. The third kappa shape index (κ3) is 4.23. The number of benzene rings is 1. The van der Waals surface area contributed by atoms with Gasteiger partial charge in [-0.3, -0.25) is 0 Å². The molecule has 3 heterocycles. The number of urea groups is 1. The molecule has 1 aliphatic heterocycles. The van der Waals surface area contributed by atoms with Crippen molar-refractivity contribution in [3.8, 4) is 5.82 Å². The van der Waals surface area contributed by atoms with Gasteiger partial charge in [-0.05, 0) is 44.5 Å². The Labute approximate surface area is 171 Å². The van der Waals surface area contributed by atoms with Gasteiger partial charge in [0, 0.05) is 50.3 Å². The number of anilines is 2. The Bertz CT molecular complexity index is 1010. The summed E-state index contributed by atoms with van der Waals surface area (Å²) in [5, 5.41) is 3.04. The average molecular weight is 390 g/mol. The van der Waals surface area contributed by atoms with Crippen LogP contribution in [0.25, 0.3) is 5.82 Å². The number of carbonyl (C=O) groups is 1. The molecule has 1 saturated heterocycles. The van der Waals surface area contributed by atoms with Gasteiger partial charge in [-0.25, -0.2) is 14.8 Å². The second-order valence-corrected chi connectivity index (χ2v) is 7.44. The standard InChI is InChI=1S/C22H26N6O/c1-16-6-7-19(17(2)14-16)25-22(29)28-12-10-27(11-13-28)21-15-20(23-18(3)24-21)26-8-4-5-9-26/h4-9,14-15H,10-13H2,1-3H3,(H,25,29).